The lowest BCUT2D eigenvalue weighted by molar-refractivity contribution is -0.138. The molecule has 1 aliphatic rings. The number of nitrogens with one attached hydrogen (secondary N) is 1. The molecule has 0 radical (unpaired) electrons. The summed E-state index contributed by atoms with van der Waals surface area (Å²) in [6.45, 7) is 5.57. The van der Waals surface area contributed by atoms with Gasteiger partial charge in [-0.25, -0.2) is 9.78 Å². The highest BCUT2D eigenvalue weighted by molar-refractivity contribution is 6.42. The van der Waals surface area contributed by atoms with Crippen molar-refractivity contribution in [2.45, 2.75) is 13.0 Å². The normalized spacial score (nSPS) is 15.9. The van der Waals surface area contributed by atoms with Crippen LogP contribution in [0, 0.1) is 0 Å². The first-order valence-corrected chi connectivity index (χ1v) is 9.44. The quantitative estimate of drug-likeness (QED) is 0.461. The first-order chi connectivity index (χ1) is 13.5. The molecule has 1 unspecified atom stereocenters. The zero-order chi connectivity index (χ0) is 19.8. The molecule has 2 aromatic carbocycles. The van der Waals surface area contributed by atoms with Gasteiger partial charge < -0.3 is 10.1 Å². The van der Waals surface area contributed by atoms with Crippen LogP contribution in [0.4, 0.5) is 5.95 Å². The number of esters is 1. The number of carbonyl (C=O) groups excluding carboxylic acids is 1. The fourth-order valence-corrected chi connectivity index (χ4v) is 3.75. The Labute approximate surface area is 172 Å². The van der Waals surface area contributed by atoms with E-state index in [9.17, 15) is 4.79 Å². The Morgan fingerprint density at radius 2 is 2.07 bits per heavy atom. The van der Waals surface area contributed by atoms with Crippen molar-refractivity contribution in [3.8, 4) is 0 Å². The van der Waals surface area contributed by atoms with Crippen molar-refractivity contribution in [2.24, 2.45) is 0 Å². The van der Waals surface area contributed by atoms with E-state index in [1.165, 1.54) is 6.08 Å². The van der Waals surface area contributed by atoms with Crippen molar-refractivity contribution in [1.82, 2.24) is 9.55 Å². The third-order valence-corrected chi connectivity index (χ3v) is 5.38. The Morgan fingerprint density at radius 1 is 1.29 bits per heavy atom. The molecular weight excluding hydrogens is 397 g/mol. The number of allylic oxidation sites excluding steroid dienone is 1. The zero-order valence-electron chi connectivity index (χ0n) is 15.1. The lowest BCUT2D eigenvalue weighted by Gasteiger charge is -2.30. The van der Waals surface area contributed by atoms with E-state index >= 15 is 0 Å². The van der Waals surface area contributed by atoms with E-state index < -0.39 is 12.0 Å². The molecule has 1 aromatic heterocycles. The first kappa shape index (κ1) is 18.6. The minimum Gasteiger partial charge on any atom is -0.458 e. The number of ether oxygens (including phenoxy) is 1. The summed E-state index contributed by atoms with van der Waals surface area (Å²) in [6, 6.07) is 12.6. The van der Waals surface area contributed by atoms with Gasteiger partial charge >= 0.3 is 5.97 Å². The van der Waals surface area contributed by atoms with Gasteiger partial charge in [0, 0.05) is 5.70 Å². The zero-order valence-corrected chi connectivity index (χ0v) is 16.6. The number of halogens is 2. The fourth-order valence-electron chi connectivity index (χ4n) is 3.44. The van der Waals surface area contributed by atoms with Gasteiger partial charge in [0.2, 0.25) is 5.95 Å². The number of imidazole rings is 1. The van der Waals surface area contributed by atoms with Gasteiger partial charge in [0.25, 0.3) is 0 Å². The average molecular weight is 414 g/mol. The maximum Gasteiger partial charge on any atom is 0.338 e. The third kappa shape index (κ3) is 3.07. The van der Waals surface area contributed by atoms with Crippen molar-refractivity contribution in [3.63, 3.8) is 0 Å². The van der Waals surface area contributed by atoms with Crippen molar-refractivity contribution in [1.29, 1.82) is 0 Å². The number of hydrogen-bond donors (Lipinski definition) is 1. The Kier molecular flexibility index (Phi) is 4.87. The highest BCUT2D eigenvalue weighted by Gasteiger charge is 2.35. The number of anilines is 1. The summed E-state index contributed by atoms with van der Waals surface area (Å²) in [5.74, 6) is 0.222. The lowest BCUT2D eigenvalue weighted by Crippen LogP contribution is -2.29. The van der Waals surface area contributed by atoms with Gasteiger partial charge in [-0.1, -0.05) is 54.1 Å². The number of benzene rings is 2. The molecule has 28 heavy (non-hydrogen) atoms. The molecule has 0 amide bonds. The molecule has 7 heteroatoms. The summed E-state index contributed by atoms with van der Waals surface area (Å²) >= 11 is 12.4. The van der Waals surface area contributed by atoms with Crippen LogP contribution in [0.2, 0.25) is 10.0 Å². The largest absolute Gasteiger partial charge is 0.458 e. The van der Waals surface area contributed by atoms with Crippen LogP contribution in [-0.2, 0) is 9.53 Å². The lowest BCUT2D eigenvalue weighted by atomic mass is 9.95. The van der Waals surface area contributed by atoms with Crippen molar-refractivity contribution < 1.29 is 9.53 Å². The molecule has 1 atom stereocenters. The Hall–Kier alpha value is -2.76. The molecule has 0 saturated carbocycles. The molecular formula is C21H17Cl2N3O2. The molecule has 0 bridgehead atoms. The van der Waals surface area contributed by atoms with E-state index in [4.69, 9.17) is 27.9 Å². The molecule has 1 N–H and O–H groups in total. The van der Waals surface area contributed by atoms with Crippen LogP contribution in [0.5, 0.6) is 0 Å². The molecule has 142 valence electrons. The number of nitrogens with zero attached hydrogens (tertiary/aromatic N) is 2. The average Bonchev–Trinajstić information content (AvgIpc) is 3.05. The van der Waals surface area contributed by atoms with Gasteiger partial charge in [-0.2, -0.15) is 0 Å². The third-order valence-electron chi connectivity index (χ3n) is 4.64. The SMILES string of the molecule is C=CCOC(=O)C1=C(C)Nc2nc3ccccc3n2C1c1ccc(Cl)c(Cl)c1. The molecule has 0 aliphatic carbocycles. The van der Waals surface area contributed by atoms with Crippen molar-refractivity contribution in [3.05, 3.63) is 82.0 Å². The van der Waals surface area contributed by atoms with Gasteiger partial charge in [0.1, 0.15) is 6.61 Å². The molecule has 1 aliphatic heterocycles. The molecule has 2 heterocycles. The molecule has 5 nitrogen and oxygen atoms in total. The van der Waals surface area contributed by atoms with Crippen LogP contribution in [0.1, 0.15) is 18.5 Å². The summed E-state index contributed by atoms with van der Waals surface area (Å²) in [6.07, 6.45) is 1.54. The molecule has 3 aromatic rings. The summed E-state index contributed by atoms with van der Waals surface area (Å²) in [4.78, 5) is 17.6. The molecule has 0 fully saturated rings. The first-order valence-electron chi connectivity index (χ1n) is 8.69. The fraction of sp³-hybridized carbons (Fsp3) is 0.143. The number of hydrogen-bond acceptors (Lipinski definition) is 4. The van der Waals surface area contributed by atoms with Gasteiger partial charge in [-0.3, -0.25) is 4.57 Å². The van der Waals surface area contributed by atoms with Crippen molar-refractivity contribution in [2.75, 3.05) is 11.9 Å². The van der Waals surface area contributed by atoms with Crippen LogP contribution in [0.3, 0.4) is 0 Å². The molecule has 0 saturated heterocycles. The predicted octanol–water partition coefficient (Wildman–Crippen LogP) is 5.36. The van der Waals surface area contributed by atoms with E-state index in [1.807, 2.05) is 41.8 Å². The smallest absolute Gasteiger partial charge is 0.338 e. The Morgan fingerprint density at radius 3 is 2.82 bits per heavy atom. The number of rotatable bonds is 4. The predicted molar refractivity (Wildman–Crippen MR) is 112 cm³/mol. The van der Waals surface area contributed by atoms with Crippen LogP contribution >= 0.6 is 23.2 Å². The van der Waals surface area contributed by atoms with Gasteiger partial charge in [0.05, 0.1) is 32.7 Å². The van der Waals surface area contributed by atoms with E-state index in [0.29, 0.717) is 27.3 Å². The van der Waals surface area contributed by atoms with E-state index in [-0.39, 0.29) is 6.61 Å². The summed E-state index contributed by atoms with van der Waals surface area (Å²) in [7, 11) is 0. The number of carbonyl (C=O) groups is 1. The highest BCUT2D eigenvalue weighted by atomic mass is 35.5. The number of para-hydroxylation sites is 2. The van der Waals surface area contributed by atoms with Gasteiger partial charge in [-0.05, 0) is 36.8 Å². The number of aromatic nitrogens is 2. The number of fused-ring (bicyclic) bond motifs is 3. The summed E-state index contributed by atoms with van der Waals surface area (Å²) in [5.41, 5.74) is 3.68. The maximum absolute atomic E-state index is 12.9. The van der Waals surface area contributed by atoms with Gasteiger partial charge in [-0.15, -0.1) is 0 Å². The van der Waals surface area contributed by atoms with E-state index in [1.54, 1.807) is 12.1 Å². The Balaban J connectivity index is 1.96. The summed E-state index contributed by atoms with van der Waals surface area (Å²) in [5, 5.41) is 4.10. The van der Waals surface area contributed by atoms with E-state index in [0.717, 1.165) is 16.6 Å². The molecule has 4 rings (SSSR count). The Bertz CT molecular complexity index is 1130. The van der Waals surface area contributed by atoms with Crippen LogP contribution < -0.4 is 5.32 Å². The minimum atomic E-state index is -0.462. The van der Waals surface area contributed by atoms with E-state index in [2.05, 4.69) is 16.9 Å². The highest BCUT2D eigenvalue weighted by Crippen LogP contribution is 2.40. The maximum atomic E-state index is 12.9. The second-order valence-electron chi connectivity index (χ2n) is 6.42. The molecule has 0 spiro atoms. The van der Waals surface area contributed by atoms with Crippen molar-refractivity contribution >= 4 is 46.2 Å². The standard InChI is InChI=1S/C21H17Cl2N3O2/c1-3-10-28-20(27)18-12(2)24-21-25-16-6-4-5-7-17(16)26(21)19(18)13-8-9-14(22)15(23)11-13/h3-9,11,19H,1,10H2,2H3,(H,24,25). The second kappa shape index (κ2) is 7.34. The second-order valence-corrected chi connectivity index (χ2v) is 7.24. The van der Waals surface area contributed by atoms with Crippen LogP contribution in [-0.4, -0.2) is 22.1 Å². The van der Waals surface area contributed by atoms with Crippen LogP contribution in [0.25, 0.3) is 11.0 Å². The minimum absolute atomic E-state index is 0.126. The topological polar surface area (TPSA) is 56.1 Å². The summed E-state index contributed by atoms with van der Waals surface area (Å²) < 4.78 is 7.34. The van der Waals surface area contributed by atoms with Crippen LogP contribution in [0.15, 0.2) is 66.4 Å². The monoisotopic (exact) mass is 413 g/mol. The van der Waals surface area contributed by atoms with Gasteiger partial charge in [0.15, 0.2) is 0 Å².